The molecule has 166 valence electrons. The number of hydrogen-bond acceptors (Lipinski definition) is 10. The minimum atomic E-state index is 0.226. The molecule has 3 N–H and O–H groups in total. The maximum absolute atomic E-state index is 6.62. The maximum atomic E-state index is 6.62. The molecular formula is C19H22Cl2N6O3S. The fourth-order valence-corrected chi connectivity index (χ4v) is 3.72. The Morgan fingerprint density at radius 2 is 1.87 bits per heavy atom. The van der Waals surface area contributed by atoms with Crippen LogP contribution >= 0.6 is 35.4 Å². The molecule has 0 atom stereocenters. The first-order valence-corrected chi connectivity index (χ1v) is 11.1. The Morgan fingerprint density at radius 1 is 1.10 bits per heavy atom. The topological polar surface area (TPSA) is 102 Å². The molecule has 9 nitrogen and oxygen atoms in total. The van der Waals surface area contributed by atoms with E-state index >= 15 is 0 Å². The molecule has 0 aliphatic heterocycles. The molecule has 2 heterocycles. The average molecular weight is 485 g/mol. The maximum Gasteiger partial charge on any atom is 0.223 e. The van der Waals surface area contributed by atoms with Crippen LogP contribution in [0, 0.1) is 0 Å². The number of ether oxygens (including phenoxy) is 2. The van der Waals surface area contributed by atoms with Gasteiger partial charge in [0.25, 0.3) is 0 Å². The minimum Gasteiger partial charge on any atom is -0.495 e. The number of halogens is 2. The zero-order valence-electron chi connectivity index (χ0n) is 17.4. The van der Waals surface area contributed by atoms with Crippen molar-refractivity contribution in [3.05, 3.63) is 23.4 Å². The van der Waals surface area contributed by atoms with Crippen LogP contribution in [0.15, 0.2) is 18.3 Å². The third-order valence-electron chi connectivity index (χ3n) is 4.38. The standard InChI is InChI=1S/C19H22Cl2N6O3S/c1-22-19-24-9-10-7-11(26-18(16(10)27-19)23-5-6-25-31-4)14-15(20)12(28-2)8-13(29-3)17(14)30-21/h7-9,25H,5-6H2,1-4H3,(H,23,26)(H,22,24,27). The number of nitrogens with one attached hydrogen (secondary N) is 3. The minimum absolute atomic E-state index is 0.226. The summed E-state index contributed by atoms with van der Waals surface area (Å²) < 4.78 is 19.1. The first-order valence-electron chi connectivity index (χ1n) is 9.16. The number of benzene rings is 1. The van der Waals surface area contributed by atoms with E-state index in [-0.39, 0.29) is 10.8 Å². The quantitative estimate of drug-likeness (QED) is 0.286. The molecule has 3 rings (SSSR count). The molecule has 1 aromatic carbocycles. The number of hydrogen-bond donors (Lipinski definition) is 3. The lowest BCUT2D eigenvalue weighted by atomic mass is 10.1. The van der Waals surface area contributed by atoms with Crippen LogP contribution in [0.1, 0.15) is 0 Å². The lowest BCUT2D eigenvalue weighted by Crippen LogP contribution is -2.17. The highest BCUT2D eigenvalue weighted by Gasteiger charge is 2.24. The molecule has 0 unspecified atom stereocenters. The predicted octanol–water partition coefficient (Wildman–Crippen LogP) is 4.22. The molecule has 0 saturated heterocycles. The summed E-state index contributed by atoms with van der Waals surface area (Å²) in [5.74, 6) is 2.03. The van der Waals surface area contributed by atoms with Gasteiger partial charge in [-0.2, -0.15) is 0 Å². The van der Waals surface area contributed by atoms with E-state index in [4.69, 9.17) is 42.2 Å². The number of anilines is 2. The molecule has 12 heteroatoms. The zero-order chi connectivity index (χ0) is 22.4. The van der Waals surface area contributed by atoms with E-state index < -0.39 is 0 Å². The van der Waals surface area contributed by atoms with Gasteiger partial charge in [-0.25, -0.2) is 15.0 Å². The summed E-state index contributed by atoms with van der Waals surface area (Å²) >= 11 is 13.9. The first-order chi connectivity index (χ1) is 15.1. The molecule has 31 heavy (non-hydrogen) atoms. The second kappa shape index (κ2) is 10.8. The molecule has 0 bridgehead atoms. The van der Waals surface area contributed by atoms with Gasteiger partial charge in [0.15, 0.2) is 17.3 Å². The second-order valence-corrected chi connectivity index (χ2v) is 7.37. The van der Waals surface area contributed by atoms with Crippen molar-refractivity contribution < 1.29 is 13.8 Å². The summed E-state index contributed by atoms with van der Waals surface area (Å²) in [6.07, 6.45) is 3.67. The van der Waals surface area contributed by atoms with Gasteiger partial charge < -0.3 is 24.4 Å². The largest absolute Gasteiger partial charge is 0.495 e. The molecule has 0 fully saturated rings. The second-order valence-electron chi connectivity index (χ2n) is 6.14. The fourth-order valence-electron chi connectivity index (χ4n) is 2.94. The number of fused-ring (bicyclic) bond motifs is 1. The third kappa shape index (κ3) is 4.93. The van der Waals surface area contributed by atoms with E-state index in [2.05, 4.69) is 25.3 Å². The molecule has 0 spiro atoms. The summed E-state index contributed by atoms with van der Waals surface area (Å²) in [7, 11) is 4.77. The van der Waals surface area contributed by atoms with Gasteiger partial charge >= 0.3 is 0 Å². The molecule has 0 saturated carbocycles. The summed E-state index contributed by atoms with van der Waals surface area (Å²) in [6.45, 7) is 1.35. The van der Waals surface area contributed by atoms with Crippen molar-refractivity contribution in [3.8, 4) is 28.5 Å². The van der Waals surface area contributed by atoms with Gasteiger partial charge in [-0.1, -0.05) is 23.5 Å². The average Bonchev–Trinajstić information content (AvgIpc) is 2.80. The van der Waals surface area contributed by atoms with Crippen LogP contribution in [0.3, 0.4) is 0 Å². The van der Waals surface area contributed by atoms with Crippen LogP contribution in [0.4, 0.5) is 11.8 Å². The van der Waals surface area contributed by atoms with E-state index in [1.54, 1.807) is 25.4 Å². The van der Waals surface area contributed by atoms with Crippen molar-refractivity contribution in [1.82, 2.24) is 19.7 Å². The van der Waals surface area contributed by atoms with E-state index in [0.717, 1.165) is 11.9 Å². The first kappa shape index (κ1) is 23.3. The Hall–Kier alpha value is -2.40. The summed E-state index contributed by atoms with van der Waals surface area (Å²) in [5.41, 5.74) is 1.58. The van der Waals surface area contributed by atoms with E-state index in [1.165, 1.54) is 26.2 Å². The normalized spacial score (nSPS) is 10.8. The molecule has 0 aliphatic carbocycles. The molecule has 0 radical (unpaired) electrons. The van der Waals surface area contributed by atoms with Crippen LogP contribution in [-0.4, -0.2) is 55.6 Å². The van der Waals surface area contributed by atoms with Crippen LogP contribution in [-0.2, 0) is 0 Å². The van der Waals surface area contributed by atoms with Gasteiger partial charge in [-0.05, 0) is 12.3 Å². The SMILES string of the molecule is CNc1ncc2cc(-c3c(Cl)c(OC)cc(OC)c3OCl)nc(NCCNSC)c2n1. The van der Waals surface area contributed by atoms with Crippen LogP contribution < -0.4 is 29.1 Å². The Balaban J connectivity index is 2.23. The fraction of sp³-hybridized carbons (Fsp3) is 0.316. The Kier molecular flexibility index (Phi) is 8.08. The lowest BCUT2D eigenvalue weighted by molar-refractivity contribution is 0.383. The van der Waals surface area contributed by atoms with Crippen molar-refractivity contribution in [1.29, 1.82) is 0 Å². The Morgan fingerprint density at radius 3 is 2.52 bits per heavy atom. The Labute approximate surface area is 194 Å². The zero-order valence-corrected chi connectivity index (χ0v) is 19.7. The van der Waals surface area contributed by atoms with Crippen LogP contribution in [0.25, 0.3) is 22.2 Å². The van der Waals surface area contributed by atoms with E-state index in [9.17, 15) is 0 Å². The monoisotopic (exact) mass is 484 g/mol. The van der Waals surface area contributed by atoms with Crippen molar-refractivity contribution in [2.24, 2.45) is 0 Å². The van der Waals surface area contributed by atoms with Crippen molar-refractivity contribution in [2.45, 2.75) is 0 Å². The third-order valence-corrected chi connectivity index (χ3v) is 5.40. The van der Waals surface area contributed by atoms with Crippen molar-refractivity contribution in [3.63, 3.8) is 0 Å². The van der Waals surface area contributed by atoms with E-state index in [1.807, 2.05) is 6.26 Å². The predicted molar refractivity (Wildman–Crippen MR) is 127 cm³/mol. The van der Waals surface area contributed by atoms with Gasteiger partial charge in [0.05, 0.1) is 30.5 Å². The number of aromatic nitrogens is 3. The lowest BCUT2D eigenvalue weighted by Gasteiger charge is -2.17. The Bertz CT molecular complexity index is 1070. The van der Waals surface area contributed by atoms with Gasteiger partial charge in [-0.15, -0.1) is 0 Å². The smallest absolute Gasteiger partial charge is 0.223 e. The van der Waals surface area contributed by atoms with Crippen LogP contribution in [0.5, 0.6) is 17.2 Å². The van der Waals surface area contributed by atoms with Gasteiger partial charge in [-0.3, -0.25) is 4.72 Å². The van der Waals surface area contributed by atoms with Gasteiger partial charge in [0.2, 0.25) is 5.95 Å². The summed E-state index contributed by atoms with van der Waals surface area (Å²) in [6, 6.07) is 3.40. The van der Waals surface area contributed by atoms with Crippen LogP contribution in [0.2, 0.25) is 5.02 Å². The van der Waals surface area contributed by atoms with Gasteiger partial charge in [0, 0.05) is 37.8 Å². The van der Waals surface area contributed by atoms with Gasteiger partial charge in [0.1, 0.15) is 23.1 Å². The summed E-state index contributed by atoms with van der Waals surface area (Å²) in [4.78, 5) is 13.6. The number of nitrogens with zero attached hydrogens (tertiary/aromatic N) is 3. The number of rotatable bonds is 10. The molecular weight excluding hydrogens is 463 g/mol. The molecule has 0 amide bonds. The number of methoxy groups -OCH3 is 2. The van der Waals surface area contributed by atoms with Crippen molar-refractivity contribution >= 4 is 58.1 Å². The highest BCUT2D eigenvalue weighted by molar-refractivity contribution is 7.96. The summed E-state index contributed by atoms with van der Waals surface area (Å²) in [5, 5.41) is 7.29. The molecule has 0 aliphatic rings. The number of pyridine rings is 1. The highest BCUT2D eigenvalue weighted by atomic mass is 35.5. The molecule has 2 aromatic heterocycles. The highest BCUT2D eigenvalue weighted by Crippen LogP contribution is 2.48. The molecule has 3 aromatic rings. The van der Waals surface area contributed by atoms with Crippen molar-refractivity contribution in [2.75, 3.05) is 51.2 Å². The van der Waals surface area contributed by atoms with E-state index in [0.29, 0.717) is 46.6 Å².